The first-order chi connectivity index (χ1) is 7.11. The normalized spacial score (nSPS) is 11.8. The monoisotopic (exact) mass is 245 g/mol. The highest BCUT2D eigenvalue weighted by Crippen LogP contribution is 2.27. The van der Waals surface area contributed by atoms with E-state index in [1.165, 1.54) is 0 Å². The van der Waals surface area contributed by atoms with Crippen LogP contribution in [0.25, 0.3) is 0 Å². The summed E-state index contributed by atoms with van der Waals surface area (Å²) in [5.74, 6) is 0.882. The number of methoxy groups -OCH3 is 1. The zero-order valence-corrected chi connectivity index (χ0v) is 10.8. The Hall–Kier alpha value is -0.770. The maximum atomic E-state index is 8.85. The Morgan fingerprint density at radius 3 is 2.44 bits per heavy atom. The second kappa shape index (κ2) is 6.74. The van der Waals surface area contributed by atoms with Gasteiger partial charge in [0.25, 0.3) is 0 Å². The number of aliphatic hydroxyl groups is 1. The highest BCUT2D eigenvalue weighted by Gasteiger charge is 2.12. The van der Waals surface area contributed by atoms with E-state index in [0.717, 1.165) is 22.4 Å². The molecule has 0 aliphatic heterocycles. The van der Waals surface area contributed by atoms with Gasteiger partial charge in [-0.15, -0.1) is 12.4 Å². The molecule has 1 unspecified atom stereocenters. The molecule has 0 bridgehead atoms. The number of halogens is 1. The fourth-order valence-electron chi connectivity index (χ4n) is 1.73. The van der Waals surface area contributed by atoms with Crippen LogP contribution in [0.5, 0.6) is 5.75 Å². The SMILES string of the molecule is COc1ccc(C(N)CCO)c(C)c1C.Cl. The van der Waals surface area contributed by atoms with Crippen LogP contribution in [0.4, 0.5) is 0 Å². The van der Waals surface area contributed by atoms with Crippen LogP contribution in [0.15, 0.2) is 12.1 Å². The van der Waals surface area contributed by atoms with E-state index in [1.54, 1.807) is 7.11 Å². The van der Waals surface area contributed by atoms with E-state index in [4.69, 9.17) is 15.6 Å². The van der Waals surface area contributed by atoms with Crippen LogP contribution >= 0.6 is 12.4 Å². The van der Waals surface area contributed by atoms with Gasteiger partial charge in [0, 0.05) is 12.6 Å². The third-order valence-corrected chi connectivity index (χ3v) is 2.84. The number of aliphatic hydroxyl groups excluding tert-OH is 1. The Kier molecular flexibility index (Phi) is 6.41. The van der Waals surface area contributed by atoms with E-state index >= 15 is 0 Å². The lowest BCUT2D eigenvalue weighted by molar-refractivity contribution is 0.276. The third kappa shape index (κ3) is 3.11. The number of nitrogens with two attached hydrogens (primary N) is 1. The minimum atomic E-state index is -0.0976. The summed E-state index contributed by atoms with van der Waals surface area (Å²) in [7, 11) is 1.66. The number of rotatable bonds is 4. The number of hydrogen-bond donors (Lipinski definition) is 2. The molecule has 4 heteroatoms. The largest absolute Gasteiger partial charge is 0.496 e. The minimum absolute atomic E-state index is 0. The van der Waals surface area contributed by atoms with Crippen LogP contribution < -0.4 is 10.5 Å². The van der Waals surface area contributed by atoms with Crippen LogP contribution in [-0.4, -0.2) is 18.8 Å². The van der Waals surface area contributed by atoms with Crippen LogP contribution in [0, 0.1) is 13.8 Å². The Morgan fingerprint density at radius 1 is 1.31 bits per heavy atom. The maximum absolute atomic E-state index is 8.85. The zero-order valence-electron chi connectivity index (χ0n) is 9.99. The highest BCUT2D eigenvalue weighted by atomic mass is 35.5. The first kappa shape index (κ1) is 15.2. The predicted octanol–water partition coefficient (Wildman–Crippen LogP) is 2.12. The van der Waals surface area contributed by atoms with E-state index in [-0.39, 0.29) is 25.1 Å². The Bertz CT molecular complexity index is 342. The molecule has 3 nitrogen and oxygen atoms in total. The lowest BCUT2D eigenvalue weighted by atomic mass is 9.95. The molecule has 0 spiro atoms. The molecule has 92 valence electrons. The molecule has 16 heavy (non-hydrogen) atoms. The zero-order chi connectivity index (χ0) is 11.4. The fourth-order valence-corrected chi connectivity index (χ4v) is 1.73. The van der Waals surface area contributed by atoms with Gasteiger partial charge < -0.3 is 15.6 Å². The van der Waals surface area contributed by atoms with E-state index in [1.807, 2.05) is 26.0 Å². The van der Waals surface area contributed by atoms with Gasteiger partial charge in [-0.25, -0.2) is 0 Å². The van der Waals surface area contributed by atoms with E-state index in [9.17, 15) is 0 Å². The molecule has 3 N–H and O–H groups in total. The number of benzene rings is 1. The summed E-state index contributed by atoms with van der Waals surface area (Å²) in [6.45, 7) is 4.17. The number of ether oxygens (including phenoxy) is 1. The van der Waals surface area contributed by atoms with Gasteiger partial charge in [-0.05, 0) is 43.0 Å². The lowest BCUT2D eigenvalue weighted by Gasteiger charge is -2.17. The van der Waals surface area contributed by atoms with Crippen molar-refractivity contribution < 1.29 is 9.84 Å². The van der Waals surface area contributed by atoms with Crippen molar-refractivity contribution >= 4 is 12.4 Å². The Morgan fingerprint density at radius 2 is 1.94 bits per heavy atom. The van der Waals surface area contributed by atoms with Crippen molar-refractivity contribution in [3.05, 3.63) is 28.8 Å². The average Bonchev–Trinajstić information content (AvgIpc) is 2.22. The summed E-state index contributed by atoms with van der Waals surface area (Å²) >= 11 is 0. The summed E-state index contributed by atoms with van der Waals surface area (Å²) in [5, 5.41) is 8.85. The summed E-state index contributed by atoms with van der Waals surface area (Å²) in [4.78, 5) is 0. The molecule has 0 heterocycles. The van der Waals surface area contributed by atoms with Gasteiger partial charge in [0.15, 0.2) is 0 Å². The standard InChI is InChI=1S/C12H19NO2.ClH/c1-8-9(2)12(15-3)5-4-10(8)11(13)6-7-14;/h4-5,11,14H,6-7,13H2,1-3H3;1H. The summed E-state index contributed by atoms with van der Waals surface area (Å²) in [6.07, 6.45) is 0.590. The molecule has 1 aromatic carbocycles. The summed E-state index contributed by atoms with van der Waals surface area (Å²) in [5.41, 5.74) is 9.31. The molecular weight excluding hydrogens is 226 g/mol. The van der Waals surface area contributed by atoms with Crippen molar-refractivity contribution in [3.8, 4) is 5.75 Å². The second-order valence-corrected chi connectivity index (χ2v) is 3.73. The smallest absolute Gasteiger partial charge is 0.122 e. The van der Waals surface area contributed by atoms with Gasteiger partial charge in [0.2, 0.25) is 0 Å². The van der Waals surface area contributed by atoms with Crippen LogP contribution in [-0.2, 0) is 0 Å². The molecular formula is C12H20ClNO2. The second-order valence-electron chi connectivity index (χ2n) is 3.73. The van der Waals surface area contributed by atoms with Gasteiger partial charge in [0.05, 0.1) is 7.11 Å². The van der Waals surface area contributed by atoms with E-state index < -0.39 is 0 Å². The van der Waals surface area contributed by atoms with Crippen molar-refractivity contribution in [1.29, 1.82) is 0 Å². The van der Waals surface area contributed by atoms with E-state index in [0.29, 0.717) is 6.42 Å². The Labute approximate surface area is 103 Å². The summed E-state index contributed by atoms with van der Waals surface area (Å²) < 4.78 is 5.23. The van der Waals surface area contributed by atoms with Crippen LogP contribution in [0.1, 0.15) is 29.2 Å². The minimum Gasteiger partial charge on any atom is -0.496 e. The van der Waals surface area contributed by atoms with Crippen molar-refractivity contribution in [3.63, 3.8) is 0 Å². The predicted molar refractivity (Wildman–Crippen MR) is 68.3 cm³/mol. The molecule has 0 aliphatic carbocycles. The van der Waals surface area contributed by atoms with Crippen LogP contribution in [0.3, 0.4) is 0 Å². The lowest BCUT2D eigenvalue weighted by Crippen LogP contribution is -2.14. The maximum Gasteiger partial charge on any atom is 0.122 e. The van der Waals surface area contributed by atoms with Gasteiger partial charge in [-0.3, -0.25) is 0 Å². The summed E-state index contributed by atoms with van der Waals surface area (Å²) in [6, 6.07) is 3.80. The molecule has 1 aromatic rings. The first-order valence-electron chi connectivity index (χ1n) is 5.12. The molecule has 0 aliphatic rings. The molecule has 0 saturated carbocycles. The third-order valence-electron chi connectivity index (χ3n) is 2.84. The molecule has 1 atom stereocenters. The fraction of sp³-hybridized carbons (Fsp3) is 0.500. The average molecular weight is 246 g/mol. The van der Waals surface area contributed by atoms with Gasteiger partial charge in [-0.2, -0.15) is 0 Å². The number of hydrogen-bond acceptors (Lipinski definition) is 3. The van der Waals surface area contributed by atoms with Gasteiger partial charge in [-0.1, -0.05) is 6.07 Å². The van der Waals surface area contributed by atoms with Crippen molar-refractivity contribution in [2.75, 3.05) is 13.7 Å². The quantitative estimate of drug-likeness (QED) is 0.854. The van der Waals surface area contributed by atoms with Crippen molar-refractivity contribution in [2.24, 2.45) is 5.73 Å². The molecule has 0 saturated heterocycles. The Balaban J connectivity index is 0.00000225. The van der Waals surface area contributed by atoms with E-state index in [2.05, 4.69) is 0 Å². The molecule has 1 rings (SSSR count). The molecule has 0 amide bonds. The van der Waals surface area contributed by atoms with Crippen molar-refractivity contribution in [1.82, 2.24) is 0 Å². The highest BCUT2D eigenvalue weighted by molar-refractivity contribution is 5.85. The molecule has 0 aromatic heterocycles. The van der Waals surface area contributed by atoms with Crippen LogP contribution in [0.2, 0.25) is 0 Å². The van der Waals surface area contributed by atoms with Gasteiger partial charge >= 0.3 is 0 Å². The van der Waals surface area contributed by atoms with Gasteiger partial charge in [0.1, 0.15) is 5.75 Å². The topological polar surface area (TPSA) is 55.5 Å². The molecule has 0 radical (unpaired) electrons. The molecule has 0 fully saturated rings. The van der Waals surface area contributed by atoms with Crippen molar-refractivity contribution in [2.45, 2.75) is 26.3 Å². The first-order valence-corrected chi connectivity index (χ1v) is 5.12.